The van der Waals surface area contributed by atoms with Gasteiger partial charge in [0.05, 0.1) is 23.8 Å². The van der Waals surface area contributed by atoms with Crippen molar-refractivity contribution in [1.29, 1.82) is 0 Å². The van der Waals surface area contributed by atoms with Crippen molar-refractivity contribution in [3.05, 3.63) is 58.1 Å². The first-order chi connectivity index (χ1) is 14.5. The number of nitro groups is 1. The zero-order valence-electron chi connectivity index (χ0n) is 15.8. The highest BCUT2D eigenvalue weighted by molar-refractivity contribution is 5.87. The molecule has 2 N–H and O–H groups in total. The van der Waals surface area contributed by atoms with Gasteiger partial charge in [-0.15, -0.1) is 10.2 Å². The molecule has 0 fully saturated rings. The number of hydrogen-bond donors (Lipinski definition) is 2. The number of aromatic hydroxyl groups is 1. The summed E-state index contributed by atoms with van der Waals surface area (Å²) in [6.07, 6.45) is 1.08. The molecule has 1 heterocycles. The van der Waals surface area contributed by atoms with E-state index in [2.05, 4.69) is 25.9 Å². The zero-order valence-corrected chi connectivity index (χ0v) is 15.8. The molecule has 30 heavy (non-hydrogen) atoms. The summed E-state index contributed by atoms with van der Waals surface area (Å²) in [6.45, 7) is 1.63. The van der Waals surface area contributed by atoms with Gasteiger partial charge in [-0.2, -0.15) is 9.90 Å². The van der Waals surface area contributed by atoms with Crippen molar-refractivity contribution < 1.29 is 19.6 Å². The Morgan fingerprint density at radius 2 is 2.13 bits per heavy atom. The van der Waals surface area contributed by atoms with Gasteiger partial charge in [0.2, 0.25) is 5.82 Å². The van der Waals surface area contributed by atoms with Gasteiger partial charge >= 0.3 is 0 Å². The molecule has 0 unspecified atom stereocenters. The maximum Gasteiger partial charge on any atom is 0.274 e. The van der Waals surface area contributed by atoms with Gasteiger partial charge in [-0.1, -0.05) is 30.3 Å². The Bertz CT molecular complexity index is 1080. The fourth-order valence-corrected chi connectivity index (χ4v) is 2.43. The van der Waals surface area contributed by atoms with Crippen LogP contribution in [0.15, 0.2) is 47.6 Å². The van der Waals surface area contributed by atoms with Crippen molar-refractivity contribution in [3.63, 3.8) is 0 Å². The number of nitro benzene ring substituents is 1. The summed E-state index contributed by atoms with van der Waals surface area (Å²) in [5, 5.41) is 36.7. The number of hydrogen-bond acceptors (Lipinski definition) is 9. The number of hydrazone groups is 1. The van der Waals surface area contributed by atoms with E-state index in [0.717, 1.165) is 28.7 Å². The van der Waals surface area contributed by atoms with Crippen LogP contribution in [0.5, 0.6) is 11.5 Å². The molecule has 12 nitrogen and oxygen atoms in total. The van der Waals surface area contributed by atoms with E-state index in [4.69, 9.17) is 4.74 Å². The molecule has 2 aromatic carbocycles. The lowest BCUT2D eigenvalue weighted by atomic mass is 10.1. The molecule has 3 rings (SSSR count). The monoisotopic (exact) mass is 411 g/mol. The molecule has 0 aliphatic rings. The smallest absolute Gasteiger partial charge is 0.274 e. The van der Waals surface area contributed by atoms with Crippen molar-refractivity contribution in [3.8, 4) is 22.9 Å². The minimum absolute atomic E-state index is 0.0122. The second-order valence-corrected chi connectivity index (χ2v) is 5.87. The first kappa shape index (κ1) is 20.4. The molecular weight excluding hydrogens is 394 g/mol. The van der Waals surface area contributed by atoms with E-state index in [1.54, 1.807) is 6.92 Å². The second kappa shape index (κ2) is 9.23. The highest BCUT2D eigenvalue weighted by Gasteiger charge is 2.16. The Morgan fingerprint density at radius 1 is 1.37 bits per heavy atom. The topological polar surface area (TPSA) is 158 Å². The molecule has 0 saturated heterocycles. The molecule has 0 spiro atoms. The van der Waals surface area contributed by atoms with Crippen LogP contribution in [0, 0.1) is 10.1 Å². The number of aromatic nitrogens is 4. The number of benzene rings is 2. The molecule has 1 aromatic heterocycles. The number of phenols is 1. The standard InChI is InChI=1S/C18H17N7O5/c1-2-30-15-9-14(25(28)29)8-13(17(15)27)10-19-20-16(26)11-24-22-18(21-23-24)12-6-4-3-5-7-12/h3-10,27H,2,11H2,1H3,(H,20,26)/b19-10+. The molecule has 0 atom stereocenters. The largest absolute Gasteiger partial charge is 0.504 e. The summed E-state index contributed by atoms with van der Waals surface area (Å²) < 4.78 is 5.18. The van der Waals surface area contributed by atoms with Crippen molar-refractivity contribution in [2.75, 3.05) is 6.61 Å². The molecule has 1 amide bonds. The molecule has 3 aromatic rings. The van der Waals surface area contributed by atoms with Crippen LogP contribution < -0.4 is 10.2 Å². The molecule has 0 bridgehead atoms. The predicted octanol–water partition coefficient (Wildman–Crippen LogP) is 1.50. The first-order valence-electron chi connectivity index (χ1n) is 8.77. The third kappa shape index (κ3) is 4.92. The van der Waals surface area contributed by atoms with Crippen molar-refractivity contribution in [2.24, 2.45) is 5.10 Å². The minimum Gasteiger partial charge on any atom is -0.504 e. The minimum atomic E-state index is -0.626. The lowest BCUT2D eigenvalue weighted by Gasteiger charge is -2.07. The lowest BCUT2D eigenvalue weighted by molar-refractivity contribution is -0.385. The van der Waals surface area contributed by atoms with Crippen molar-refractivity contribution in [1.82, 2.24) is 25.6 Å². The van der Waals surface area contributed by atoms with Gasteiger partial charge in [0.25, 0.3) is 11.6 Å². The highest BCUT2D eigenvalue weighted by atomic mass is 16.6. The number of rotatable bonds is 8. The van der Waals surface area contributed by atoms with Crippen LogP contribution in [0.4, 0.5) is 5.69 Å². The molecule has 12 heteroatoms. The van der Waals surface area contributed by atoms with Crippen LogP contribution in [0.25, 0.3) is 11.4 Å². The Morgan fingerprint density at radius 3 is 2.83 bits per heavy atom. The van der Waals surface area contributed by atoms with Crippen molar-refractivity contribution in [2.45, 2.75) is 13.5 Å². The number of nitrogens with one attached hydrogen (secondary N) is 1. The van der Waals surface area contributed by atoms with Gasteiger partial charge in [0.1, 0.15) is 6.54 Å². The number of amides is 1. The van der Waals surface area contributed by atoms with Crippen molar-refractivity contribution >= 4 is 17.8 Å². The van der Waals surface area contributed by atoms with Gasteiger partial charge in [-0.25, -0.2) is 5.43 Å². The van der Waals surface area contributed by atoms with E-state index >= 15 is 0 Å². The van der Waals surface area contributed by atoms with E-state index in [9.17, 15) is 20.0 Å². The molecule has 0 aliphatic carbocycles. The summed E-state index contributed by atoms with van der Waals surface area (Å²) in [4.78, 5) is 23.5. The Balaban J connectivity index is 1.66. The number of nitrogens with zero attached hydrogens (tertiary/aromatic N) is 6. The third-order valence-electron chi connectivity index (χ3n) is 3.76. The van der Waals surface area contributed by atoms with Gasteiger partial charge in [-0.05, 0) is 12.1 Å². The number of phenolic OH excluding ortho intramolecular Hbond substituents is 1. The fourth-order valence-electron chi connectivity index (χ4n) is 2.43. The van der Waals surface area contributed by atoms with E-state index in [-0.39, 0.29) is 35.9 Å². The average molecular weight is 411 g/mol. The molecule has 154 valence electrons. The van der Waals surface area contributed by atoms with E-state index in [1.807, 2.05) is 30.3 Å². The maximum absolute atomic E-state index is 12.0. The summed E-state index contributed by atoms with van der Waals surface area (Å²) >= 11 is 0. The van der Waals surface area contributed by atoms with Crippen LogP contribution in [-0.4, -0.2) is 49.0 Å². The van der Waals surface area contributed by atoms with E-state index < -0.39 is 10.8 Å². The third-order valence-corrected chi connectivity index (χ3v) is 3.76. The molecule has 0 radical (unpaired) electrons. The number of carbonyl (C=O) groups excluding carboxylic acids is 1. The second-order valence-electron chi connectivity index (χ2n) is 5.87. The number of ether oxygens (including phenoxy) is 1. The number of tetrazole rings is 1. The molecular formula is C18H17N7O5. The first-order valence-corrected chi connectivity index (χ1v) is 8.77. The summed E-state index contributed by atoms with van der Waals surface area (Å²) in [5.74, 6) is -0.569. The predicted molar refractivity (Wildman–Crippen MR) is 105 cm³/mol. The lowest BCUT2D eigenvalue weighted by Crippen LogP contribution is -2.24. The molecule has 0 aliphatic heterocycles. The Labute approximate surface area is 169 Å². The SMILES string of the molecule is CCOc1cc([N+](=O)[O-])cc(/C=N/NC(=O)Cn2nnc(-c3ccccc3)n2)c1O. The van der Waals surface area contributed by atoms with E-state index in [0.29, 0.717) is 5.82 Å². The van der Waals surface area contributed by atoms with Gasteiger partial charge in [0, 0.05) is 17.2 Å². The van der Waals surface area contributed by atoms with E-state index in [1.165, 1.54) is 0 Å². The fraction of sp³-hybridized carbons (Fsp3) is 0.167. The van der Waals surface area contributed by atoms with Gasteiger partial charge < -0.3 is 9.84 Å². The highest BCUT2D eigenvalue weighted by Crippen LogP contribution is 2.33. The van der Waals surface area contributed by atoms with Crippen LogP contribution in [0.2, 0.25) is 0 Å². The summed E-state index contributed by atoms with van der Waals surface area (Å²) in [6, 6.07) is 11.4. The zero-order chi connectivity index (χ0) is 21.5. The number of carbonyl (C=O) groups is 1. The Kier molecular flexibility index (Phi) is 6.27. The quantitative estimate of drug-likeness (QED) is 0.321. The number of non-ortho nitro benzene ring substituents is 1. The maximum atomic E-state index is 12.0. The Hall–Kier alpha value is -4.35. The molecule has 0 saturated carbocycles. The average Bonchev–Trinajstić information content (AvgIpc) is 3.19. The van der Waals surface area contributed by atoms with Crippen LogP contribution >= 0.6 is 0 Å². The summed E-state index contributed by atoms with van der Waals surface area (Å²) in [7, 11) is 0. The van der Waals surface area contributed by atoms with Gasteiger partial charge in [0.15, 0.2) is 11.5 Å². The van der Waals surface area contributed by atoms with Crippen LogP contribution in [-0.2, 0) is 11.3 Å². The normalized spacial score (nSPS) is 10.8. The van der Waals surface area contributed by atoms with Crippen LogP contribution in [0.3, 0.4) is 0 Å². The van der Waals surface area contributed by atoms with Crippen LogP contribution in [0.1, 0.15) is 12.5 Å². The van der Waals surface area contributed by atoms with Gasteiger partial charge in [-0.3, -0.25) is 14.9 Å². The summed E-state index contributed by atoms with van der Waals surface area (Å²) in [5.41, 5.74) is 2.72.